The van der Waals surface area contributed by atoms with Crippen LogP contribution >= 0.6 is 59.2 Å². The lowest BCUT2D eigenvalue weighted by Crippen LogP contribution is -2.38. The van der Waals surface area contributed by atoms with Crippen LogP contribution in [-0.2, 0) is 6.18 Å². The highest BCUT2D eigenvalue weighted by Crippen LogP contribution is 2.51. The van der Waals surface area contributed by atoms with Crippen molar-refractivity contribution in [2.24, 2.45) is 5.41 Å². The lowest BCUT2D eigenvalue weighted by Gasteiger charge is -2.22. The molecule has 41 heavy (non-hydrogen) atoms. The van der Waals surface area contributed by atoms with Gasteiger partial charge in [-0.05, 0) is 49.1 Å². The summed E-state index contributed by atoms with van der Waals surface area (Å²) in [4.78, 5) is -0.502. The van der Waals surface area contributed by atoms with Crippen LogP contribution in [0.4, 0.5) is 43.9 Å². The number of hydrogen-bond acceptors (Lipinski definition) is 2. The number of hydrogen-bond donors (Lipinski definition) is 1. The molecule has 3 rings (SSSR count). The lowest BCUT2D eigenvalue weighted by molar-refractivity contribution is -0.140. The van der Waals surface area contributed by atoms with Gasteiger partial charge in [-0.25, -0.2) is 4.39 Å². The molecule has 0 aliphatic heterocycles. The summed E-state index contributed by atoms with van der Waals surface area (Å²) in [6.45, 7) is -1.43. The number of halogens is 13. The highest BCUT2D eigenvalue weighted by molar-refractivity contribution is 7.81. The van der Waals surface area contributed by atoms with Gasteiger partial charge in [-0.3, -0.25) is 0 Å². The van der Waals surface area contributed by atoms with Crippen LogP contribution in [0.5, 0.6) is 0 Å². The number of allylic oxidation sites excluding steroid dienone is 1. The normalized spacial score (nSPS) is 16.4. The zero-order chi connectivity index (χ0) is 31.1. The van der Waals surface area contributed by atoms with Crippen LogP contribution in [0.2, 0.25) is 15.1 Å². The summed E-state index contributed by atoms with van der Waals surface area (Å²) in [6.07, 6.45) is -14.4. The summed E-state index contributed by atoms with van der Waals surface area (Å²) in [5, 5.41) is 1.11. The Kier molecular flexibility index (Phi) is 10.0. The van der Waals surface area contributed by atoms with Crippen molar-refractivity contribution in [3.8, 4) is 0 Å². The quantitative estimate of drug-likeness (QED) is 0.128. The van der Waals surface area contributed by atoms with E-state index in [1.165, 1.54) is 0 Å². The van der Waals surface area contributed by atoms with Gasteiger partial charge < -0.3 is 5.32 Å². The molecule has 0 amide bonds. The van der Waals surface area contributed by atoms with Gasteiger partial charge in [0, 0.05) is 21.4 Å². The van der Waals surface area contributed by atoms with E-state index in [4.69, 9.17) is 59.2 Å². The van der Waals surface area contributed by atoms with Crippen molar-refractivity contribution in [1.82, 2.24) is 5.32 Å². The fraction of sp³-hybridized carbons (Fsp3) is 0.360. The van der Waals surface area contributed by atoms with Crippen molar-refractivity contribution < 1.29 is 43.9 Å². The van der Waals surface area contributed by atoms with Crippen LogP contribution < -0.4 is 5.32 Å². The monoisotopic (exact) mass is 689 g/mol. The Morgan fingerprint density at radius 3 is 1.95 bits per heavy atom. The van der Waals surface area contributed by atoms with Gasteiger partial charge in [-0.15, -0.1) is 0 Å². The second kappa shape index (κ2) is 12.1. The predicted molar refractivity (Wildman–Crippen MR) is 145 cm³/mol. The molecular formula is C25H16Cl3F10NS2. The molecule has 0 saturated heterocycles. The number of rotatable bonds is 8. The van der Waals surface area contributed by atoms with Crippen molar-refractivity contribution in [3.05, 3.63) is 73.7 Å². The van der Waals surface area contributed by atoms with Gasteiger partial charge in [-0.1, -0.05) is 71.4 Å². The first-order valence-corrected chi connectivity index (χ1v) is 13.3. The maximum Gasteiger partial charge on any atom is 0.417 e. The van der Waals surface area contributed by atoms with Gasteiger partial charge in [0.25, 0.3) is 0 Å². The molecule has 1 N–H and O–H groups in total. The van der Waals surface area contributed by atoms with E-state index in [-0.39, 0.29) is 50.3 Å². The van der Waals surface area contributed by atoms with E-state index in [2.05, 4.69) is 5.32 Å². The van der Waals surface area contributed by atoms with Crippen LogP contribution in [-0.4, -0.2) is 28.8 Å². The molecule has 1 aliphatic rings. The Balaban J connectivity index is 1.96. The highest BCUT2D eigenvalue weighted by atomic mass is 35.5. The minimum atomic E-state index is -5.11. The van der Waals surface area contributed by atoms with Gasteiger partial charge >= 0.3 is 18.5 Å². The summed E-state index contributed by atoms with van der Waals surface area (Å²) in [6, 6.07) is 3.54. The number of benzene rings is 2. The van der Waals surface area contributed by atoms with Crippen LogP contribution in [0, 0.1) is 5.41 Å². The van der Waals surface area contributed by atoms with Gasteiger partial charge in [0.05, 0.1) is 25.6 Å². The van der Waals surface area contributed by atoms with Gasteiger partial charge in [0.15, 0.2) is 0 Å². The average molecular weight is 691 g/mol. The third-order valence-corrected chi connectivity index (χ3v) is 8.35. The molecule has 1 fully saturated rings. The molecule has 0 heterocycles. The maximum absolute atomic E-state index is 15.1. The SMILES string of the molecule is F/C(=C\C(c1cc(Cl)c(Cl)c(Cl)c1)C(F)(F)F)c1ccc(C(=S)CC2(C(=S)NCC(F)(F)F)CC2)c(C(F)(F)F)c1. The van der Waals surface area contributed by atoms with E-state index in [0.717, 1.165) is 24.3 Å². The van der Waals surface area contributed by atoms with Crippen LogP contribution in [0.1, 0.15) is 47.4 Å². The van der Waals surface area contributed by atoms with Crippen LogP contribution in [0.25, 0.3) is 5.83 Å². The van der Waals surface area contributed by atoms with Crippen LogP contribution in [0.15, 0.2) is 36.4 Å². The van der Waals surface area contributed by atoms with Crippen molar-refractivity contribution in [2.45, 2.75) is 43.7 Å². The zero-order valence-corrected chi connectivity index (χ0v) is 24.0. The summed E-state index contributed by atoms with van der Waals surface area (Å²) in [5.41, 5.74) is -4.50. The van der Waals surface area contributed by atoms with Crippen molar-refractivity contribution in [2.75, 3.05) is 6.54 Å². The first kappa shape index (κ1) is 33.8. The molecule has 1 saturated carbocycles. The second-order valence-electron chi connectivity index (χ2n) is 9.27. The number of nitrogens with one attached hydrogen (secondary N) is 1. The highest BCUT2D eigenvalue weighted by Gasteiger charge is 2.49. The van der Waals surface area contributed by atoms with Gasteiger partial charge in [0.1, 0.15) is 18.3 Å². The molecule has 16 heteroatoms. The molecule has 1 aliphatic carbocycles. The Hall–Kier alpha value is -1.67. The Morgan fingerprint density at radius 1 is 0.927 bits per heavy atom. The minimum Gasteiger partial charge on any atom is -0.371 e. The molecule has 0 radical (unpaired) electrons. The standard InChI is InChI=1S/C25H16Cl3F10NS2/c26-16-6-12(7-17(27)20(16)28)14(24(33,34)35)8-18(29)11-1-2-13(15(5-11)25(36,37)38)19(40)9-22(3-4-22)21(41)39-10-23(30,31)32/h1-2,5-8,14H,3-4,9-10H2,(H,39,41)/b18-8-. The lowest BCUT2D eigenvalue weighted by atomic mass is 9.91. The fourth-order valence-electron chi connectivity index (χ4n) is 3.95. The molecule has 0 aromatic heterocycles. The van der Waals surface area contributed by atoms with Gasteiger partial charge in [-0.2, -0.15) is 39.5 Å². The van der Waals surface area contributed by atoms with Crippen molar-refractivity contribution in [3.63, 3.8) is 0 Å². The molecule has 0 bridgehead atoms. The maximum atomic E-state index is 15.1. The van der Waals surface area contributed by atoms with E-state index in [9.17, 15) is 39.5 Å². The zero-order valence-electron chi connectivity index (χ0n) is 20.1. The van der Waals surface area contributed by atoms with Crippen molar-refractivity contribution in [1.29, 1.82) is 0 Å². The summed E-state index contributed by atoms with van der Waals surface area (Å²) >= 11 is 27.5. The molecular weight excluding hydrogens is 675 g/mol. The first-order valence-electron chi connectivity index (χ1n) is 11.3. The van der Waals surface area contributed by atoms with E-state index in [1.807, 2.05) is 0 Å². The first-order chi connectivity index (χ1) is 18.6. The predicted octanol–water partition coefficient (Wildman–Crippen LogP) is 10.7. The molecule has 1 atom stereocenters. The Morgan fingerprint density at radius 2 is 1.49 bits per heavy atom. The van der Waals surface area contributed by atoms with E-state index >= 15 is 4.39 Å². The van der Waals surface area contributed by atoms with E-state index in [1.54, 1.807) is 0 Å². The molecule has 0 spiro atoms. The minimum absolute atomic E-state index is 0.0767. The molecule has 1 unspecified atom stereocenters. The molecule has 1 nitrogen and oxygen atoms in total. The summed E-state index contributed by atoms with van der Waals surface area (Å²) < 4.78 is 136. The molecule has 2 aromatic carbocycles. The van der Waals surface area contributed by atoms with Gasteiger partial charge in [0.2, 0.25) is 0 Å². The largest absolute Gasteiger partial charge is 0.417 e. The number of alkyl halides is 9. The topological polar surface area (TPSA) is 12.0 Å². The van der Waals surface area contributed by atoms with E-state index in [0.29, 0.717) is 6.07 Å². The van der Waals surface area contributed by atoms with Crippen LogP contribution in [0.3, 0.4) is 0 Å². The molecule has 2 aromatic rings. The summed E-state index contributed by atoms with van der Waals surface area (Å²) in [5.74, 6) is -4.28. The smallest absolute Gasteiger partial charge is 0.371 e. The van der Waals surface area contributed by atoms with E-state index < -0.39 is 64.5 Å². The third kappa shape index (κ3) is 8.46. The fourth-order valence-corrected chi connectivity index (χ4v) is 5.37. The Bertz CT molecular complexity index is 1360. The molecule has 224 valence electrons. The number of thiocarbonyl (C=S) groups is 2. The van der Waals surface area contributed by atoms with Crippen molar-refractivity contribution >= 4 is 74.9 Å². The third-order valence-electron chi connectivity index (χ3n) is 6.22. The summed E-state index contributed by atoms with van der Waals surface area (Å²) in [7, 11) is 0. The second-order valence-corrected chi connectivity index (χ2v) is 11.4. The Labute approximate surface area is 252 Å². The average Bonchev–Trinajstić information content (AvgIpc) is 3.62.